The minimum Gasteiger partial charge on any atom is -0.0654 e. The number of benzene rings is 1. The molecule has 0 bridgehead atoms. The molecule has 0 saturated carbocycles. The molecule has 0 saturated heterocycles. The summed E-state index contributed by atoms with van der Waals surface area (Å²) in [7, 11) is 0. The third kappa shape index (κ3) is 7.85. The lowest BCUT2D eigenvalue weighted by atomic mass is 10.1. The van der Waals surface area contributed by atoms with Gasteiger partial charge in [0.2, 0.25) is 0 Å². The molecule has 0 aromatic heterocycles. The van der Waals surface area contributed by atoms with Crippen LogP contribution in [0.4, 0.5) is 0 Å². The van der Waals surface area contributed by atoms with Crippen LogP contribution in [0.2, 0.25) is 0 Å². The summed E-state index contributed by atoms with van der Waals surface area (Å²) in [6, 6.07) is 10.6. The van der Waals surface area contributed by atoms with Gasteiger partial charge in [-0.05, 0) is 18.4 Å². The van der Waals surface area contributed by atoms with E-state index < -0.39 is 0 Å². The van der Waals surface area contributed by atoms with Crippen LogP contribution >= 0.6 is 0 Å². The minimum absolute atomic E-state index is 1.23. The van der Waals surface area contributed by atoms with E-state index in [1.165, 1.54) is 37.7 Å². The molecule has 0 radical (unpaired) electrons. The predicted octanol–water partition coefficient (Wildman–Crippen LogP) is 4.84. The number of hydrogen-bond donors (Lipinski definition) is 0. The van der Waals surface area contributed by atoms with Gasteiger partial charge in [0, 0.05) is 0 Å². The molecule has 14 heavy (non-hydrogen) atoms. The Bertz CT molecular complexity index is 186. The summed E-state index contributed by atoms with van der Waals surface area (Å²) in [4.78, 5) is 0. The van der Waals surface area contributed by atoms with Gasteiger partial charge in [0.15, 0.2) is 0 Å². The molecule has 0 N–H and O–H groups in total. The van der Waals surface area contributed by atoms with Crippen molar-refractivity contribution in [2.75, 3.05) is 0 Å². The first-order valence-electron chi connectivity index (χ1n) is 5.89. The molecule has 0 heteroatoms. The maximum atomic E-state index is 2.23. The van der Waals surface area contributed by atoms with E-state index in [4.69, 9.17) is 0 Å². The smallest absolute Gasteiger partial charge is 0.0279 e. The van der Waals surface area contributed by atoms with E-state index in [1.807, 2.05) is 0 Å². The third-order valence-corrected chi connectivity index (χ3v) is 2.16. The molecule has 1 rings (SSSR count). The van der Waals surface area contributed by atoms with Crippen LogP contribution in [-0.2, 0) is 6.42 Å². The standard InChI is InChI=1S/C10H14.C4H10/c1-2-3-7-10-8-5-4-6-9-10;1-3-4-2/h4-6,8-9H,2-3,7H2,1H3;3-4H2,1-2H3. The number of rotatable bonds is 4. The number of hydrogen-bond acceptors (Lipinski definition) is 0. The van der Waals surface area contributed by atoms with Gasteiger partial charge in [0.25, 0.3) is 0 Å². The van der Waals surface area contributed by atoms with Crippen molar-refractivity contribution in [1.82, 2.24) is 0 Å². The normalized spacial score (nSPS) is 9.07. The van der Waals surface area contributed by atoms with Crippen LogP contribution in [0.3, 0.4) is 0 Å². The van der Waals surface area contributed by atoms with Gasteiger partial charge in [0.05, 0.1) is 0 Å². The van der Waals surface area contributed by atoms with Crippen molar-refractivity contribution in [2.24, 2.45) is 0 Å². The SMILES string of the molecule is CCCC.CCCCc1ccccc1. The highest BCUT2D eigenvalue weighted by molar-refractivity contribution is 5.14. The fourth-order valence-corrected chi connectivity index (χ4v) is 1.03. The molecular formula is C14H24. The van der Waals surface area contributed by atoms with E-state index in [2.05, 4.69) is 51.1 Å². The zero-order valence-electron chi connectivity index (χ0n) is 9.92. The molecule has 0 unspecified atom stereocenters. The molecule has 0 aliphatic carbocycles. The van der Waals surface area contributed by atoms with Gasteiger partial charge in [-0.15, -0.1) is 0 Å². The lowest BCUT2D eigenvalue weighted by molar-refractivity contribution is 0.795. The summed E-state index contributed by atoms with van der Waals surface area (Å²) in [6.45, 7) is 6.59. The van der Waals surface area contributed by atoms with Crippen LogP contribution < -0.4 is 0 Å². The molecule has 0 nitrogen and oxygen atoms in total. The van der Waals surface area contributed by atoms with E-state index in [0.717, 1.165) is 0 Å². The van der Waals surface area contributed by atoms with Crippen LogP contribution in [0.1, 0.15) is 52.0 Å². The molecule has 0 spiro atoms. The Morgan fingerprint density at radius 2 is 1.36 bits per heavy atom. The van der Waals surface area contributed by atoms with Crippen molar-refractivity contribution >= 4 is 0 Å². The van der Waals surface area contributed by atoms with Gasteiger partial charge in [-0.1, -0.05) is 70.4 Å². The highest BCUT2D eigenvalue weighted by atomic mass is 13.9. The van der Waals surface area contributed by atoms with E-state index in [0.29, 0.717) is 0 Å². The molecule has 0 fully saturated rings. The summed E-state index contributed by atoms with van der Waals surface area (Å²) in [5.41, 5.74) is 1.46. The molecule has 0 aliphatic heterocycles. The van der Waals surface area contributed by atoms with E-state index in [9.17, 15) is 0 Å². The Labute approximate surface area is 89.4 Å². The first-order valence-corrected chi connectivity index (χ1v) is 5.89. The summed E-state index contributed by atoms with van der Waals surface area (Å²) >= 11 is 0. The van der Waals surface area contributed by atoms with Gasteiger partial charge in [-0.2, -0.15) is 0 Å². The molecule has 0 heterocycles. The molecule has 1 aromatic carbocycles. The summed E-state index contributed by atoms with van der Waals surface area (Å²) < 4.78 is 0. The highest BCUT2D eigenvalue weighted by Crippen LogP contribution is 2.03. The second-order valence-electron chi connectivity index (χ2n) is 3.59. The van der Waals surface area contributed by atoms with Gasteiger partial charge >= 0.3 is 0 Å². The summed E-state index contributed by atoms with van der Waals surface area (Å²) in [6.07, 6.45) is 6.47. The van der Waals surface area contributed by atoms with Gasteiger partial charge < -0.3 is 0 Å². The van der Waals surface area contributed by atoms with Crippen molar-refractivity contribution in [3.8, 4) is 0 Å². The Morgan fingerprint density at radius 3 is 1.79 bits per heavy atom. The quantitative estimate of drug-likeness (QED) is 0.640. The zero-order chi connectivity index (χ0) is 10.6. The fourth-order valence-electron chi connectivity index (χ4n) is 1.03. The average molecular weight is 192 g/mol. The second kappa shape index (κ2) is 10.3. The molecule has 0 aliphatic rings. The van der Waals surface area contributed by atoms with Crippen molar-refractivity contribution in [3.05, 3.63) is 35.9 Å². The first-order chi connectivity index (χ1) is 6.85. The van der Waals surface area contributed by atoms with E-state index >= 15 is 0 Å². The van der Waals surface area contributed by atoms with Crippen LogP contribution in [0, 0.1) is 0 Å². The molecule has 1 aromatic rings. The Morgan fingerprint density at radius 1 is 0.786 bits per heavy atom. The monoisotopic (exact) mass is 192 g/mol. The Balaban J connectivity index is 0.000000364. The predicted molar refractivity (Wildman–Crippen MR) is 65.6 cm³/mol. The van der Waals surface area contributed by atoms with Crippen LogP contribution in [0.25, 0.3) is 0 Å². The van der Waals surface area contributed by atoms with Crippen LogP contribution in [-0.4, -0.2) is 0 Å². The lowest BCUT2D eigenvalue weighted by Crippen LogP contribution is -1.81. The molecule has 0 atom stereocenters. The number of aryl methyl sites for hydroxylation is 1. The van der Waals surface area contributed by atoms with Crippen molar-refractivity contribution < 1.29 is 0 Å². The third-order valence-electron chi connectivity index (χ3n) is 2.16. The molecule has 80 valence electrons. The van der Waals surface area contributed by atoms with Crippen molar-refractivity contribution in [3.63, 3.8) is 0 Å². The number of unbranched alkanes of at least 4 members (excludes halogenated alkanes) is 2. The molecule has 0 amide bonds. The summed E-state index contributed by atoms with van der Waals surface area (Å²) in [5, 5.41) is 0. The maximum absolute atomic E-state index is 2.23. The highest BCUT2D eigenvalue weighted by Gasteiger charge is 1.87. The minimum atomic E-state index is 1.23. The van der Waals surface area contributed by atoms with Gasteiger partial charge in [-0.25, -0.2) is 0 Å². The molecular weight excluding hydrogens is 168 g/mol. The Kier molecular flexibility index (Phi) is 9.73. The summed E-state index contributed by atoms with van der Waals surface area (Å²) in [5.74, 6) is 0. The average Bonchev–Trinajstić information content (AvgIpc) is 2.28. The second-order valence-corrected chi connectivity index (χ2v) is 3.59. The van der Waals surface area contributed by atoms with Crippen molar-refractivity contribution in [1.29, 1.82) is 0 Å². The van der Waals surface area contributed by atoms with E-state index in [1.54, 1.807) is 0 Å². The largest absolute Gasteiger partial charge is 0.0654 e. The topological polar surface area (TPSA) is 0 Å². The van der Waals surface area contributed by atoms with Gasteiger partial charge in [-0.3, -0.25) is 0 Å². The zero-order valence-corrected chi connectivity index (χ0v) is 9.92. The van der Waals surface area contributed by atoms with Crippen LogP contribution in [0.5, 0.6) is 0 Å². The van der Waals surface area contributed by atoms with Crippen molar-refractivity contribution in [2.45, 2.75) is 52.9 Å². The van der Waals surface area contributed by atoms with Gasteiger partial charge in [0.1, 0.15) is 0 Å². The Hall–Kier alpha value is -0.780. The maximum Gasteiger partial charge on any atom is -0.0279 e. The van der Waals surface area contributed by atoms with E-state index in [-0.39, 0.29) is 0 Å². The first kappa shape index (κ1) is 13.2. The lowest BCUT2D eigenvalue weighted by Gasteiger charge is -1.96. The fraction of sp³-hybridized carbons (Fsp3) is 0.571. The van der Waals surface area contributed by atoms with Crippen LogP contribution in [0.15, 0.2) is 30.3 Å².